The van der Waals surface area contributed by atoms with Crippen molar-refractivity contribution in [3.05, 3.63) is 69.7 Å². The van der Waals surface area contributed by atoms with Crippen LogP contribution in [0.4, 0.5) is 0 Å². The van der Waals surface area contributed by atoms with Gasteiger partial charge in [0.1, 0.15) is 23.3 Å². The Morgan fingerprint density at radius 3 is 2.19 bits per heavy atom. The van der Waals surface area contributed by atoms with Crippen LogP contribution in [0.15, 0.2) is 52.5 Å². The number of piperazine rings is 1. The quantitative estimate of drug-likeness (QED) is 0.228. The lowest BCUT2D eigenvalue weighted by molar-refractivity contribution is -0.158. The number of hydrogen-bond donors (Lipinski definition) is 4. The van der Waals surface area contributed by atoms with Gasteiger partial charge in [-0.05, 0) is 44.6 Å². The number of hydrogen-bond acceptors (Lipinski definition) is 14. The van der Waals surface area contributed by atoms with E-state index in [1.165, 1.54) is 71.9 Å². The molecule has 15 heteroatoms. The highest BCUT2D eigenvalue weighted by atomic mass is 16.7. The maximum Gasteiger partial charge on any atom is 0.312 e. The molecule has 1 saturated heterocycles. The number of benzene rings is 1. The van der Waals surface area contributed by atoms with Gasteiger partial charge in [0.2, 0.25) is 5.78 Å². The number of amides is 1. The summed E-state index contributed by atoms with van der Waals surface area (Å²) in [5.74, 6) is -9.06. The second-order valence-electron chi connectivity index (χ2n) is 17.9. The van der Waals surface area contributed by atoms with Crippen LogP contribution in [0.2, 0.25) is 0 Å². The average Bonchev–Trinajstić information content (AvgIpc) is 3.88. The molecule has 0 unspecified atom stereocenters. The molecule has 2 aliphatic carbocycles. The SMILES string of the molecule is CC(=O)O[C@H]1[C@H](C)[C@H](O)[C@H](C)[C@@H](O)[C@@H](C)/C=C/C=C(/C)C(=O)NC2=C(/C=N/N3CCN(C4CCCC4)CC3)C(=O)c3c(c(O)c(C)c4c3C(=O)[C@@](C)(O/C=C/[C@H](C)[C@H]1C)O4)C2=O. The number of aliphatic hydroxyl groups excluding tert-OH is 2. The van der Waals surface area contributed by atoms with Crippen LogP contribution < -0.4 is 10.1 Å². The van der Waals surface area contributed by atoms with Crippen LogP contribution in [0.5, 0.6) is 11.5 Å². The van der Waals surface area contributed by atoms with Crippen molar-refractivity contribution in [2.24, 2.45) is 34.7 Å². The number of carbonyl (C=O) groups is 5. The van der Waals surface area contributed by atoms with Gasteiger partial charge in [0.05, 0.1) is 46.9 Å². The van der Waals surface area contributed by atoms with Crippen LogP contribution in [0.3, 0.4) is 0 Å². The second-order valence-corrected chi connectivity index (χ2v) is 17.9. The van der Waals surface area contributed by atoms with Crippen LogP contribution in [0.1, 0.15) is 118 Å². The fourth-order valence-corrected chi connectivity index (χ4v) is 9.30. The maximum absolute atomic E-state index is 14.8. The Kier molecular flexibility index (Phi) is 14.0. The van der Waals surface area contributed by atoms with Crippen LogP contribution >= 0.6 is 0 Å². The number of nitrogens with one attached hydrogen (secondary N) is 1. The molecule has 5 bridgehead atoms. The average molecular weight is 859 g/mol. The lowest BCUT2D eigenvalue weighted by atomic mass is 9.77. The van der Waals surface area contributed by atoms with Crippen LogP contribution in [-0.4, -0.2) is 117 Å². The number of hydrazone groups is 1. The number of carbonyl (C=O) groups excluding carboxylic acids is 5. The number of ether oxygens (including phenoxy) is 3. The van der Waals surface area contributed by atoms with E-state index in [1.807, 2.05) is 13.8 Å². The van der Waals surface area contributed by atoms with Gasteiger partial charge in [0, 0.05) is 75.0 Å². The molecule has 0 spiro atoms. The molecule has 6 aliphatic rings. The first kappa shape index (κ1) is 46.4. The summed E-state index contributed by atoms with van der Waals surface area (Å²) in [6.07, 6.45) is 10.7. The van der Waals surface area contributed by atoms with E-state index in [0.29, 0.717) is 19.1 Å². The molecule has 0 radical (unpaired) electrons. The minimum absolute atomic E-state index is 0.0171. The zero-order valence-electron chi connectivity index (χ0n) is 37.3. The number of esters is 1. The minimum atomic E-state index is -2.03. The Hall–Kier alpha value is -5.12. The summed E-state index contributed by atoms with van der Waals surface area (Å²) in [5.41, 5.74) is -1.61. The molecule has 4 aliphatic heterocycles. The molecule has 0 aromatic heterocycles. The van der Waals surface area contributed by atoms with Crippen LogP contribution in [0.25, 0.3) is 0 Å². The van der Waals surface area contributed by atoms with E-state index in [4.69, 9.17) is 14.2 Å². The highest BCUT2D eigenvalue weighted by molar-refractivity contribution is 6.37. The molecule has 62 heavy (non-hydrogen) atoms. The second kappa shape index (κ2) is 18.7. The van der Waals surface area contributed by atoms with E-state index in [9.17, 15) is 39.3 Å². The van der Waals surface area contributed by atoms with Gasteiger partial charge < -0.3 is 34.8 Å². The Bertz CT molecular complexity index is 2130. The zero-order chi connectivity index (χ0) is 45.4. The lowest BCUT2D eigenvalue weighted by Crippen LogP contribution is -2.48. The third-order valence-corrected chi connectivity index (χ3v) is 13.6. The zero-order valence-corrected chi connectivity index (χ0v) is 37.3. The summed E-state index contributed by atoms with van der Waals surface area (Å²) < 4.78 is 17.9. The molecule has 7 rings (SSSR count). The van der Waals surface area contributed by atoms with E-state index in [0.717, 1.165) is 13.1 Å². The first-order valence-corrected chi connectivity index (χ1v) is 21.8. The summed E-state index contributed by atoms with van der Waals surface area (Å²) in [5, 5.41) is 43.5. The summed E-state index contributed by atoms with van der Waals surface area (Å²) in [6, 6.07) is 0.542. The molecule has 4 N–H and O–H groups in total. The molecule has 1 saturated carbocycles. The Balaban J connectivity index is 1.42. The van der Waals surface area contributed by atoms with Crippen molar-refractivity contribution in [2.75, 3.05) is 26.2 Å². The first-order chi connectivity index (χ1) is 29.3. The summed E-state index contributed by atoms with van der Waals surface area (Å²) in [6.45, 7) is 17.2. The van der Waals surface area contributed by atoms with Crippen molar-refractivity contribution in [1.29, 1.82) is 0 Å². The summed E-state index contributed by atoms with van der Waals surface area (Å²) in [7, 11) is 0. The topological polar surface area (TPSA) is 205 Å². The summed E-state index contributed by atoms with van der Waals surface area (Å²) >= 11 is 0. The van der Waals surface area contributed by atoms with E-state index in [-0.39, 0.29) is 39.5 Å². The fourth-order valence-electron chi connectivity index (χ4n) is 9.30. The smallest absolute Gasteiger partial charge is 0.312 e. The number of rotatable bonds is 4. The molecule has 9 atom stereocenters. The molecule has 2 fully saturated rings. The van der Waals surface area contributed by atoms with E-state index >= 15 is 0 Å². The van der Waals surface area contributed by atoms with Crippen molar-refractivity contribution < 1.29 is 53.5 Å². The number of ketones is 3. The molecular weight excluding hydrogens is 797 g/mol. The summed E-state index contributed by atoms with van der Waals surface area (Å²) in [4.78, 5) is 72.4. The van der Waals surface area contributed by atoms with E-state index < -0.39 is 94.0 Å². The number of nitrogens with zero attached hydrogens (tertiary/aromatic N) is 3. The van der Waals surface area contributed by atoms with Gasteiger partial charge in [-0.15, -0.1) is 0 Å². The molecule has 336 valence electrons. The molecular formula is C47H62N4O11. The van der Waals surface area contributed by atoms with Gasteiger partial charge in [0.25, 0.3) is 11.7 Å². The number of aromatic hydroxyl groups is 1. The molecule has 4 heterocycles. The highest BCUT2D eigenvalue weighted by Crippen LogP contribution is 2.48. The van der Waals surface area contributed by atoms with E-state index in [1.54, 1.807) is 44.0 Å². The van der Waals surface area contributed by atoms with Gasteiger partial charge in [-0.3, -0.25) is 33.9 Å². The van der Waals surface area contributed by atoms with Crippen molar-refractivity contribution >= 4 is 35.4 Å². The Morgan fingerprint density at radius 1 is 0.887 bits per heavy atom. The predicted molar refractivity (Wildman–Crippen MR) is 230 cm³/mol. The molecule has 1 aromatic rings. The highest BCUT2D eigenvalue weighted by Gasteiger charge is 2.52. The van der Waals surface area contributed by atoms with Gasteiger partial charge >= 0.3 is 11.8 Å². The van der Waals surface area contributed by atoms with Crippen molar-refractivity contribution in [1.82, 2.24) is 15.2 Å². The van der Waals surface area contributed by atoms with Gasteiger partial charge in [0.15, 0.2) is 5.78 Å². The van der Waals surface area contributed by atoms with E-state index in [2.05, 4.69) is 15.3 Å². The molecule has 15 nitrogen and oxygen atoms in total. The Labute approximate surface area is 363 Å². The van der Waals surface area contributed by atoms with Gasteiger partial charge in [-0.25, -0.2) is 0 Å². The number of aliphatic hydroxyl groups is 2. The molecule has 1 amide bonds. The lowest BCUT2D eigenvalue weighted by Gasteiger charge is -2.37. The minimum Gasteiger partial charge on any atom is -0.507 e. The predicted octanol–water partition coefficient (Wildman–Crippen LogP) is 5.17. The third-order valence-electron chi connectivity index (χ3n) is 13.6. The fraction of sp³-hybridized carbons (Fsp3) is 0.574. The number of Topliss-reactive ketones (excluding diaryl/α,β-unsaturated/α-hetero) is 3. The van der Waals surface area contributed by atoms with Gasteiger partial charge in [-0.1, -0.05) is 65.7 Å². The normalized spacial score (nSPS) is 33.9. The van der Waals surface area contributed by atoms with Gasteiger partial charge in [-0.2, -0.15) is 5.10 Å². The number of allylic oxidation sites excluding steroid dienone is 5. The standard InChI is InChI=1S/C47H62N4O11/c1-24-17-22-60-47(9)45(58)36-34-35(40(55)30(7)44(36)62-47)42(57)37(33(41(34)56)23-48-51-20-18-50(19-21-51)32-15-10-11-16-32)49-46(59)26(3)14-12-13-25(2)38(53)28(5)39(54)29(6)43(27(24)4)61-31(8)52/h12-14,17,22-25,27-29,32,38-39,43,53-55H,10-11,15-16,18-21H2,1-9H3,(H,49,59)/b13-12+,22-17+,26-14-,48-23+/t24-,25-,27+,28+,29+,38-,39+,43+,47-/m0/s1. The van der Waals surface area contributed by atoms with Crippen molar-refractivity contribution in [3.8, 4) is 11.5 Å². The maximum atomic E-state index is 14.8. The number of fused-ring (bicyclic) bond motifs is 14. The van der Waals surface area contributed by atoms with Crippen molar-refractivity contribution in [3.63, 3.8) is 0 Å². The number of phenols is 1. The first-order valence-electron chi connectivity index (χ1n) is 21.8. The van der Waals surface area contributed by atoms with Crippen molar-refractivity contribution in [2.45, 2.75) is 118 Å². The largest absolute Gasteiger partial charge is 0.507 e. The monoisotopic (exact) mass is 858 g/mol. The molecule has 1 aromatic carbocycles. The van der Waals surface area contributed by atoms with Crippen LogP contribution in [0, 0.1) is 36.5 Å². The number of phenolic OH excluding ortho intramolecular Hbond substituents is 1. The Morgan fingerprint density at radius 2 is 1.55 bits per heavy atom. The third kappa shape index (κ3) is 9.02. The van der Waals surface area contributed by atoms with Crippen LogP contribution in [-0.2, 0) is 19.1 Å².